The smallest absolute Gasteiger partial charge is 0.233 e. The van der Waals surface area contributed by atoms with Gasteiger partial charge in [0.25, 0.3) is 0 Å². The monoisotopic (exact) mass is 393 g/mol. The molecule has 1 amide bonds. The molecule has 1 atom stereocenters. The first-order valence-corrected chi connectivity index (χ1v) is 9.67. The second-order valence-electron chi connectivity index (χ2n) is 6.22. The van der Waals surface area contributed by atoms with Crippen LogP contribution in [-0.2, 0) is 15.1 Å². The molecule has 138 valence electrons. The number of anilines is 1. The number of hydrogen-bond donors (Lipinski definition) is 2. The van der Waals surface area contributed by atoms with Gasteiger partial charge in [-0.05, 0) is 25.3 Å². The van der Waals surface area contributed by atoms with E-state index in [0.717, 1.165) is 12.8 Å². The fraction of sp³-hybridized carbons (Fsp3) is 0.412. The van der Waals surface area contributed by atoms with E-state index in [1.54, 1.807) is 18.0 Å². The van der Waals surface area contributed by atoms with Gasteiger partial charge in [0, 0.05) is 24.1 Å². The highest BCUT2D eigenvalue weighted by molar-refractivity contribution is 7.99. The van der Waals surface area contributed by atoms with Crippen LogP contribution in [0, 0.1) is 0 Å². The third-order valence-corrected chi connectivity index (χ3v) is 5.89. The van der Waals surface area contributed by atoms with E-state index in [-0.39, 0.29) is 23.4 Å². The van der Waals surface area contributed by atoms with Gasteiger partial charge in [-0.1, -0.05) is 41.6 Å². The molecule has 3 rings (SSSR count). The van der Waals surface area contributed by atoms with Crippen molar-refractivity contribution < 1.29 is 9.59 Å². The SMILES string of the molecule is CN(C(=O)CSc1n[nH]c(N)n1)[C@]1(c2ccccc2Cl)CCCCC1=O. The number of likely N-dealkylation sites (N-methyl/N-ethyl adjacent to an activating group) is 1. The molecule has 26 heavy (non-hydrogen) atoms. The van der Waals surface area contributed by atoms with Crippen molar-refractivity contribution in [3.05, 3.63) is 34.9 Å². The van der Waals surface area contributed by atoms with Crippen LogP contribution in [-0.4, -0.2) is 44.6 Å². The van der Waals surface area contributed by atoms with Crippen LogP contribution in [0.15, 0.2) is 29.4 Å². The number of rotatable bonds is 5. The molecule has 0 bridgehead atoms. The third kappa shape index (κ3) is 3.43. The second-order valence-corrected chi connectivity index (χ2v) is 7.56. The molecule has 2 aromatic rings. The molecule has 3 N–H and O–H groups in total. The maximum absolute atomic E-state index is 13.0. The van der Waals surface area contributed by atoms with E-state index in [9.17, 15) is 9.59 Å². The fourth-order valence-corrected chi connectivity index (χ4v) is 4.40. The summed E-state index contributed by atoms with van der Waals surface area (Å²) in [6.07, 6.45) is 2.70. The number of nitrogens with zero attached hydrogens (tertiary/aromatic N) is 3. The standard InChI is InChI=1S/C17H20ClN5O2S/c1-23(14(25)10-26-16-20-15(19)21-22-16)17(9-5-4-8-13(17)24)11-6-2-3-7-12(11)18/h2-3,6-7H,4-5,8-10H2,1H3,(H3,19,20,21,22)/t17-/m0/s1. The lowest BCUT2D eigenvalue weighted by Gasteiger charge is -2.44. The molecular formula is C17H20ClN5O2S. The Balaban J connectivity index is 1.87. The topological polar surface area (TPSA) is 105 Å². The average molecular weight is 394 g/mol. The number of nitrogens with one attached hydrogen (secondary N) is 1. The Morgan fingerprint density at radius 1 is 1.42 bits per heavy atom. The molecule has 1 aliphatic rings. The molecule has 7 nitrogen and oxygen atoms in total. The lowest BCUT2D eigenvalue weighted by atomic mass is 9.74. The summed E-state index contributed by atoms with van der Waals surface area (Å²) in [4.78, 5) is 31.4. The quantitative estimate of drug-likeness (QED) is 0.756. The number of aromatic amines is 1. The summed E-state index contributed by atoms with van der Waals surface area (Å²) in [6.45, 7) is 0. The molecule has 9 heteroatoms. The zero-order valence-corrected chi connectivity index (χ0v) is 15.9. The predicted octanol–water partition coefficient (Wildman–Crippen LogP) is 2.63. The Hall–Kier alpha value is -2.06. The number of amides is 1. The van der Waals surface area contributed by atoms with Crippen molar-refractivity contribution >= 4 is 41.0 Å². The van der Waals surface area contributed by atoms with Crippen molar-refractivity contribution in [1.82, 2.24) is 20.1 Å². The highest BCUT2D eigenvalue weighted by Crippen LogP contribution is 2.42. The van der Waals surface area contributed by atoms with Crippen LogP contribution in [0.3, 0.4) is 0 Å². The molecule has 1 aromatic carbocycles. The number of hydrogen-bond acceptors (Lipinski definition) is 6. The maximum Gasteiger partial charge on any atom is 0.233 e. The minimum absolute atomic E-state index is 0.0276. The van der Waals surface area contributed by atoms with Crippen LogP contribution in [0.25, 0.3) is 0 Å². The number of Topliss-reactive ketones (excluding diaryl/α,β-unsaturated/α-hetero) is 1. The van der Waals surface area contributed by atoms with Crippen molar-refractivity contribution in [1.29, 1.82) is 0 Å². The molecule has 1 saturated carbocycles. The maximum atomic E-state index is 13.0. The van der Waals surface area contributed by atoms with E-state index in [4.69, 9.17) is 17.3 Å². The highest BCUT2D eigenvalue weighted by Gasteiger charge is 2.47. The lowest BCUT2D eigenvalue weighted by Crippen LogP contribution is -2.54. The molecule has 0 unspecified atom stereocenters. The van der Waals surface area contributed by atoms with Gasteiger partial charge < -0.3 is 10.6 Å². The molecule has 0 saturated heterocycles. The van der Waals surface area contributed by atoms with Crippen LogP contribution >= 0.6 is 23.4 Å². The summed E-state index contributed by atoms with van der Waals surface area (Å²) in [6, 6.07) is 7.24. The first-order chi connectivity index (χ1) is 12.4. The van der Waals surface area contributed by atoms with Gasteiger partial charge in [0.05, 0.1) is 5.75 Å². The van der Waals surface area contributed by atoms with Crippen molar-refractivity contribution in [3.63, 3.8) is 0 Å². The predicted molar refractivity (Wildman–Crippen MR) is 101 cm³/mol. The fourth-order valence-electron chi connectivity index (χ4n) is 3.39. The van der Waals surface area contributed by atoms with Gasteiger partial charge in [-0.2, -0.15) is 4.98 Å². The van der Waals surface area contributed by atoms with E-state index in [2.05, 4.69) is 15.2 Å². The van der Waals surface area contributed by atoms with Crippen LogP contribution in [0.4, 0.5) is 5.95 Å². The number of H-pyrrole nitrogens is 1. The number of ketones is 1. The highest BCUT2D eigenvalue weighted by atomic mass is 35.5. The number of carbonyl (C=O) groups is 2. The first kappa shape index (κ1) is 18.7. The van der Waals surface area contributed by atoms with Crippen LogP contribution in [0.1, 0.15) is 31.2 Å². The second kappa shape index (κ2) is 7.67. The van der Waals surface area contributed by atoms with E-state index in [1.165, 1.54) is 11.8 Å². The number of halogens is 1. The molecule has 0 spiro atoms. The zero-order valence-electron chi connectivity index (χ0n) is 14.4. The van der Waals surface area contributed by atoms with Crippen molar-refractivity contribution in [2.75, 3.05) is 18.5 Å². The van der Waals surface area contributed by atoms with Crippen LogP contribution < -0.4 is 5.73 Å². The summed E-state index contributed by atoms with van der Waals surface area (Å²) in [5.74, 6) is 0.143. The Labute approximate surface area is 160 Å². The Bertz CT molecular complexity index is 827. The Morgan fingerprint density at radius 3 is 2.85 bits per heavy atom. The Morgan fingerprint density at radius 2 is 2.19 bits per heavy atom. The van der Waals surface area contributed by atoms with E-state index in [0.29, 0.717) is 28.6 Å². The zero-order chi connectivity index (χ0) is 18.7. The van der Waals surface area contributed by atoms with E-state index < -0.39 is 5.54 Å². The molecule has 0 radical (unpaired) electrons. The van der Waals surface area contributed by atoms with Gasteiger partial charge in [-0.15, -0.1) is 5.10 Å². The Kier molecular flexibility index (Phi) is 5.52. The number of thioether (sulfide) groups is 1. The van der Waals surface area contributed by atoms with Gasteiger partial charge in [-0.3, -0.25) is 9.59 Å². The molecule has 0 aliphatic heterocycles. The van der Waals surface area contributed by atoms with Crippen molar-refractivity contribution in [2.45, 2.75) is 36.4 Å². The summed E-state index contributed by atoms with van der Waals surface area (Å²) >= 11 is 7.58. The van der Waals surface area contributed by atoms with E-state index >= 15 is 0 Å². The summed E-state index contributed by atoms with van der Waals surface area (Å²) in [5, 5.41) is 7.33. The number of benzene rings is 1. The minimum atomic E-state index is -1.02. The largest absolute Gasteiger partial charge is 0.368 e. The molecular weight excluding hydrogens is 374 g/mol. The van der Waals surface area contributed by atoms with Crippen molar-refractivity contribution in [2.24, 2.45) is 0 Å². The number of nitrogen functional groups attached to an aromatic ring is 1. The number of nitrogens with two attached hydrogens (primary N) is 1. The van der Waals surface area contributed by atoms with Crippen molar-refractivity contribution in [3.8, 4) is 0 Å². The minimum Gasteiger partial charge on any atom is -0.368 e. The van der Waals surface area contributed by atoms with Gasteiger partial charge in [-0.25, -0.2) is 5.10 Å². The summed E-state index contributed by atoms with van der Waals surface area (Å²) in [5.41, 5.74) is 5.16. The molecule has 1 aromatic heterocycles. The summed E-state index contributed by atoms with van der Waals surface area (Å²) in [7, 11) is 1.67. The van der Waals surface area contributed by atoms with Gasteiger partial charge >= 0.3 is 0 Å². The van der Waals surface area contributed by atoms with Crippen LogP contribution in [0.5, 0.6) is 0 Å². The molecule has 1 aliphatic carbocycles. The third-order valence-electron chi connectivity index (χ3n) is 4.73. The van der Waals surface area contributed by atoms with Crippen LogP contribution in [0.2, 0.25) is 5.02 Å². The lowest BCUT2D eigenvalue weighted by molar-refractivity contribution is -0.146. The average Bonchev–Trinajstić information content (AvgIpc) is 3.06. The normalized spacial score (nSPS) is 20.2. The first-order valence-electron chi connectivity index (χ1n) is 8.31. The number of aromatic nitrogens is 3. The molecule has 1 fully saturated rings. The van der Waals surface area contributed by atoms with Gasteiger partial charge in [0.1, 0.15) is 5.54 Å². The molecule has 1 heterocycles. The van der Waals surface area contributed by atoms with E-state index in [1.807, 2.05) is 18.2 Å². The van der Waals surface area contributed by atoms with Gasteiger partial charge in [0.15, 0.2) is 5.78 Å². The summed E-state index contributed by atoms with van der Waals surface area (Å²) < 4.78 is 0. The van der Waals surface area contributed by atoms with Gasteiger partial charge in [0.2, 0.25) is 17.0 Å². The number of carbonyl (C=O) groups excluding carboxylic acids is 2.